The molecule has 2 aliphatic rings. The molecule has 33 heavy (non-hydrogen) atoms. The number of rotatable bonds is 9. The molecule has 9 heteroatoms. The summed E-state index contributed by atoms with van der Waals surface area (Å²) in [5.41, 5.74) is 2.87. The summed E-state index contributed by atoms with van der Waals surface area (Å²) in [4.78, 5) is 33.0. The number of hydrogen-bond acceptors (Lipinski definition) is 7. The van der Waals surface area contributed by atoms with E-state index in [1.165, 1.54) is 5.56 Å². The maximum Gasteiger partial charge on any atom is 0.226 e. The van der Waals surface area contributed by atoms with E-state index in [0.717, 1.165) is 76.3 Å². The van der Waals surface area contributed by atoms with Crippen LogP contribution in [-0.2, 0) is 11.3 Å². The average Bonchev–Trinajstić information content (AvgIpc) is 3.48. The summed E-state index contributed by atoms with van der Waals surface area (Å²) in [5.74, 6) is 1.65. The minimum absolute atomic E-state index is 0.269. The molecule has 0 spiro atoms. The third kappa shape index (κ3) is 5.42. The van der Waals surface area contributed by atoms with E-state index in [-0.39, 0.29) is 5.91 Å². The fourth-order valence-electron chi connectivity index (χ4n) is 4.70. The van der Waals surface area contributed by atoms with Gasteiger partial charge < -0.3 is 20.5 Å². The Hall–Kier alpha value is -3.20. The van der Waals surface area contributed by atoms with Crippen molar-refractivity contribution in [1.82, 2.24) is 29.7 Å². The Bertz CT molecular complexity index is 1060. The Labute approximate surface area is 194 Å². The highest BCUT2D eigenvalue weighted by Crippen LogP contribution is 2.23. The number of carbonyl (C=O) groups is 1. The van der Waals surface area contributed by atoms with Gasteiger partial charge >= 0.3 is 0 Å². The monoisotopic (exact) mass is 448 g/mol. The summed E-state index contributed by atoms with van der Waals surface area (Å²) in [6.07, 6.45) is 6.34. The summed E-state index contributed by atoms with van der Waals surface area (Å²) in [6, 6.07) is 11.0. The van der Waals surface area contributed by atoms with E-state index in [4.69, 9.17) is 4.98 Å². The Kier molecular flexibility index (Phi) is 6.66. The quantitative estimate of drug-likeness (QED) is 0.433. The zero-order chi connectivity index (χ0) is 22.5. The smallest absolute Gasteiger partial charge is 0.226 e. The first-order valence-corrected chi connectivity index (χ1v) is 12.0. The van der Waals surface area contributed by atoms with Crippen molar-refractivity contribution in [3.8, 4) is 0 Å². The van der Waals surface area contributed by atoms with Gasteiger partial charge in [0.2, 0.25) is 11.9 Å². The van der Waals surface area contributed by atoms with Crippen LogP contribution >= 0.6 is 0 Å². The van der Waals surface area contributed by atoms with Crippen LogP contribution < -0.4 is 10.6 Å². The first-order valence-electron chi connectivity index (χ1n) is 12.0. The number of likely N-dealkylation sites (tertiary alicyclic amines) is 2. The number of H-pyrrole nitrogens is 1. The lowest BCUT2D eigenvalue weighted by Crippen LogP contribution is -2.38. The Morgan fingerprint density at radius 3 is 2.73 bits per heavy atom. The Morgan fingerprint density at radius 2 is 1.94 bits per heavy atom. The molecule has 2 aliphatic heterocycles. The van der Waals surface area contributed by atoms with Crippen molar-refractivity contribution in [1.29, 1.82) is 0 Å². The van der Waals surface area contributed by atoms with E-state index in [9.17, 15) is 4.79 Å². The molecule has 3 N–H and O–H groups in total. The first kappa shape index (κ1) is 21.6. The van der Waals surface area contributed by atoms with Crippen molar-refractivity contribution in [2.75, 3.05) is 43.4 Å². The van der Waals surface area contributed by atoms with Crippen LogP contribution in [0, 0.1) is 0 Å². The predicted octanol–water partition coefficient (Wildman–Crippen LogP) is 2.85. The van der Waals surface area contributed by atoms with E-state index in [1.807, 2.05) is 4.90 Å². The number of nitrogens with zero attached hydrogens (tertiary/aromatic N) is 5. The van der Waals surface area contributed by atoms with Crippen molar-refractivity contribution < 1.29 is 4.79 Å². The second kappa shape index (κ2) is 10.2. The average molecular weight is 449 g/mol. The van der Waals surface area contributed by atoms with Gasteiger partial charge in [-0.2, -0.15) is 9.97 Å². The molecule has 0 bridgehead atoms. The predicted molar refractivity (Wildman–Crippen MR) is 129 cm³/mol. The summed E-state index contributed by atoms with van der Waals surface area (Å²) in [7, 11) is 0. The lowest BCUT2D eigenvalue weighted by molar-refractivity contribution is -0.127. The number of amides is 1. The summed E-state index contributed by atoms with van der Waals surface area (Å²) in [5, 5.41) is 6.95. The molecule has 2 aromatic heterocycles. The van der Waals surface area contributed by atoms with E-state index >= 15 is 0 Å². The van der Waals surface area contributed by atoms with Gasteiger partial charge in [-0.05, 0) is 31.2 Å². The molecule has 4 heterocycles. The lowest BCUT2D eigenvalue weighted by Gasteiger charge is -2.32. The number of aromatic amines is 1. The Balaban J connectivity index is 1.15. The second-order valence-electron chi connectivity index (χ2n) is 8.94. The Morgan fingerprint density at radius 1 is 1.09 bits per heavy atom. The van der Waals surface area contributed by atoms with Crippen LogP contribution in [0.2, 0.25) is 0 Å². The number of carbonyl (C=O) groups excluding carboxylic acids is 1. The number of nitrogens with one attached hydrogen (secondary N) is 3. The SMILES string of the molecule is O=C1CCCN1CCCNc1nc(NC2CCN(Cc3ccccc3)CC2)c2[nH]cnc2n1. The topological polar surface area (TPSA) is 102 Å². The van der Waals surface area contributed by atoms with Crippen molar-refractivity contribution in [2.45, 2.75) is 44.7 Å². The summed E-state index contributed by atoms with van der Waals surface area (Å²) < 4.78 is 0. The van der Waals surface area contributed by atoms with Crippen molar-refractivity contribution in [2.24, 2.45) is 0 Å². The number of hydrogen-bond donors (Lipinski definition) is 3. The van der Waals surface area contributed by atoms with Crippen molar-refractivity contribution in [3.05, 3.63) is 42.2 Å². The molecule has 0 aliphatic carbocycles. The van der Waals surface area contributed by atoms with Gasteiger partial charge in [0.05, 0.1) is 6.33 Å². The zero-order valence-electron chi connectivity index (χ0n) is 19.0. The summed E-state index contributed by atoms with van der Waals surface area (Å²) >= 11 is 0. The third-order valence-corrected chi connectivity index (χ3v) is 6.52. The fraction of sp³-hybridized carbons (Fsp3) is 0.500. The van der Waals surface area contributed by atoms with Crippen LogP contribution in [-0.4, -0.2) is 74.4 Å². The third-order valence-electron chi connectivity index (χ3n) is 6.52. The number of anilines is 2. The minimum Gasteiger partial charge on any atom is -0.365 e. The van der Waals surface area contributed by atoms with Gasteiger partial charge in [0.15, 0.2) is 11.5 Å². The van der Waals surface area contributed by atoms with Gasteiger partial charge in [-0.25, -0.2) is 4.98 Å². The van der Waals surface area contributed by atoms with Crippen molar-refractivity contribution >= 4 is 28.8 Å². The molecule has 0 atom stereocenters. The highest BCUT2D eigenvalue weighted by molar-refractivity contribution is 5.83. The molecule has 1 aromatic carbocycles. The van der Waals surface area contributed by atoms with Gasteiger partial charge in [0.1, 0.15) is 5.52 Å². The highest BCUT2D eigenvalue weighted by atomic mass is 16.2. The molecule has 9 nitrogen and oxygen atoms in total. The van der Waals surface area contributed by atoms with Gasteiger partial charge in [-0.15, -0.1) is 0 Å². The molecule has 0 unspecified atom stereocenters. The molecular formula is C24H32N8O. The molecule has 3 aromatic rings. The highest BCUT2D eigenvalue weighted by Gasteiger charge is 2.22. The van der Waals surface area contributed by atoms with Crippen LogP contribution in [0.4, 0.5) is 11.8 Å². The number of piperidine rings is 1. The van der Waals surface area contributed by atoms with Crippen LogP contribution in [0.25, 0.3) is 11.2 Å². The molecule has 174 valence electrons. The van der Waals surface area contributed by atoms with Crippen LogP contribution in [0.5, 0.6) is 0 Å². The van der Waals surface area contributed by atoms with Crippen LogP contribution in [0.3, 0.4) is 0 Å². The number of aromatic nitrogens is 4. The molecule has 5 rings (SSSR count). The fourth-order valence-corrected chi connectivity index (χ4v) is 4.70. The zero-order valence-corrected chi connectivity index (χ0v) is 19.0. The van der Waals surface area contributed by atoms with E-state index < -0.39 is 0 Å². The molecular weight excluding hydrogens is 416 g/mol. The normalized spacial score (nSPS) is 17.7. The summed E-state index contributed by atoms with van der Waals surface area (Å²) in [6.45, 7) is 5.50. The lowest BCUT2D eigenvalue weighted by atomic mass is 10.0. The van der Waals surface area contributed by atoms with Gasteiger partial charge in [-0.1, -0.05) is 30.3 Å². The molecule has 0 saturated carbocycles. The number of benzene rings is 1. The maximum absolute atomic E-state index is 11.8. The van der Waals surface area contributed by atoms with Crippen LogP contribution in [0.15, 0.2) is 36.7 Å². The van der Waals surface area contributed by atoms with E-state index in [2.05, 4.69) is 60.8 Å². The standard InChI is InChI=1S/C24H32N8O/c33-20-8-4-12-32(20)13-5-11-25-24-29-22-21(26-17-27-22)23(30-24)28-19-9-14-31(15-10-19)16-18-6-2-1-3-7-18/h1-3,6-7,17,19H,4-5,8-16H2,(H3,25,26,27,28,29,30). The van der Waals surface area contributed by atoms with Gasteiger partial charge in [0.25, 0.3) is 0 Å². The van der Waals surface area contributed by atoms with Crippen molar-refractivity contribution in [3.63, 3.8) is 0 Å². The molecule has 2 fully saturated rings. The second-order valence-corrected chi connectivity index (χ2v) is 8.94. The van der Waals surface area contributed by atoms with E-state index in [1.54, 1.807) is 6.33 Å². The largest absolute Gasteiger partial charge is 0.365 e. The van der Waals surface area contributed by atoms with Crippen LogP contribution in [0.1, 0.15) is 37.7 Å². The number of fused-ring (bicyclic) bond motifs is 1. The molecule has 1 amide bonds. The molecule has 0 radical (unpaired) electrons. The van der Waals surface area contributed by atoms with Gasteiger partial charge in [0, 0.05) is 51.7 Å². The van der Waals surface area contributed by atoms with Gasteiger partial charge in [-0.3, -0.25) is 9.69 Å². The number of imidazole rings is 1. The first-order chi connectivity index (χ1) is 16.2. The van der Waals surface area contributed by atoms with E-state index in [0.29, 0.717) is 24.1 Å². The maximum atomic E-state index is 11.8. The minimum atomic E-state index is 0.269. The molecule has 2 saturated heterocycles.